The van der Waals surface area contributed by atoms with E-state index in [4.69, 9.17) is 4.55 Å². The maximum Gasteiger partial charge on any atom is 0.294 e. The van der Waals surface area contributed by atoms with Gasteiger partial charge in [-0.05, 0) is 36.4 Å². The molecule has 0 spiro atoms. The molecular formula is C12H8F2O3S2. The van der Waals surface area contributed by atoms with E-state index in [2.05, 4.69) is 0 Å². The van der Waals surface area contributed by atoms with Crippen LogP contribution in [0.2, 0.25) is 0 Å². The zero-order valence-electron chi connectivity index (χ0n) is 9.38. The van der Waals surface area contributed by atoms with E-state index in [1.165, 1.54) is 30.3 Å². The molecule has 0 saturated heterocycles. The standard InChI is InChI=1S/C12H8F2O3S2/c13-8-1-6-12(11(14)7-8)18-9-2-4-10(5-3-9)19(15,16)17/h1-7H,(H,15,16,17). The zero-order chi connectivity index (χ0) is 14.0. The molecule has 2 aromatic rings. The summed E-state index contributed by atoms with van der Waals surface area (Å²) in [6.07, 6.45) is 0. The molecule has 0 aliphatic heterocycles. The predicted molar refractivity (Wildman–Crippen MR) is 66.7 cm³/mol. The highest BCUT2D eigenvalue weighted by molar-refractivity contribution is 7.99. The molecule has 0 aliphatic carbocycles. The second kappa shape index (κ2) is 5.28. The summed E-state index contributed by atoms with van der Waals surface area (Å²) >= 11 is 1.02. The van der Waals surface area contributed by atoms with Gasteiger partial charge in [-0.25, -0.2) is 8.78 Å². The Bertz CT molecular complexity index is 697. The summed E-state index contributed by atoms with van der Waals surface area (Å²) in [6.45, 7) is 0. The highest BCUT2D eigenvalue weighted by Gasteiger charge is 2.10. The summed E-state index contributed by atoms with van der Waals surface area (Å²) in [7, 11) is -4.24. The van der Waals surface area contributed by atoms with Gasteiger partial charge in [0.1, 0.15) is 11.6 Å². The Morgan fingerprint density at radius 2 is 1.63 bits per heavy atom. The molecule has 0 unspecified atom stereocenters. The molecule has 0 aromatic heterocycles. The van der Waals surface area contributed by atoms with E-state index in [1.807, 2.05) is 0 Å². The lowest BCUT2D eigenvalue weighted by molar-refractivity contribution is 0.483. The van der Waals surface area contributed by atoms with Gasteiger partial charge in [0, 0.05) is 15.9 Å². The monoisotopic (exact) mass is 302 g/mol. The molecule has 1 N–H and O–H groups in total. The van der Waals surface area contributed by atoms with Gasteiger partial charge in [-0.2, -0.15) is 8.42 Å². The van der Waals surface area contributed by atoms with Crippen molar-refractivity contribution < 1.29 is 21.8 Å². The van der Waals surface area contributed by atoms with Gasteiger partial charge in [0.15, 0.2) is 0 Å². The van der Waals surface area contributed by atoms with Gasteiger partial charge in [0.05, 0.1) is 4.90 Å². The molecule has 2 aromatic carbocycles. The van der Waals surface area contributed by atoms with Gasteiger partial charge >= 0.3 is 0 Å². The highest BCUT2D eigenvalue weighted by atomic mass is 32.2. The lowest BCUT2D eigenvalue weighted by Gasteiger charge is -2.04. The first kappa shape index (κ1) is 14.0. The minimum absolute atomic E-state index is 0.223. The quantitative estimate of drug-likeness (QED) is 0.883. The average molecular weight is 302 g/mol. The number of hydrogen-bond acceptors (Lipinski definition) is 3. The van der Waals surface area contributed by atoms with Gasteiger partial charge in [-0.1, -0.05) is 11.8 Å². The van der Waals surface area contributed by atoms with Gasteiger partial charge in [0.2, 0.25) is 0 Å². The van der Waals surface area contributed by atoms with Crippen LogP contribution in [0.1, 0.15) is 0 Å². The molecule has 0 fully saturated rings. The minimum Gasteiger partial charge on any atom is -0.282 e. The fourth-order valence-electron chi connectivity index (χ4n) is 1.36. The fourth-order valence-corrected chi connectivity index (χ4v) is 2.66. The van der Waals surface area contributed by atoms with E-state index >= 15 is 0 Å². The van der Waals surface area contributed by atoms with E-state index < -0.39 is 21.8 Å². The molecule has 0 bridgehead atoms. The van der Waals surface area contributed by atoms with Crippen molar-refractivity contribution >= 4 is 21.9 Å². The summed E-state index contributed by atoms with van der Waals surface area (Å²) < 4.78 is 56.6. The largest absolute Gasteiger partial charge is 0.294 e. The van der Waals surface area contributed by atoms with Crippen molar-refractivity contribution in [3.05, 3.63) is 54.1 Å². The van der Waals surface area contributed by atoms with E-state index in [-0.39, 0.29) is 9.79 Å². The summed E-state index contributed by atoms with van der Waals surface area (Å²) in [5, 5.41) is 0. The SMILES string of the molecule is O=S(=O)(O)c1ccc(Sc2ccc(F)cc2F)cc1. The molecule has 19 heavy (non-hydrogen) atoms. The van der Waals surface area contributed by atoms with Crippen LogP contribution in [-0.4, -0.2) is 13.0 Å². The molecule has 0 aliphatic rings. The second-order valence-corrected chi connectivity index (χ2v) is 6.16. The Morgan fingerprint density at radius 3 is 2.16 bits per heavy atom. The lowest BCUT2D eigenvalue weighted by Crippen LogP contribution is -1.97. The van der Waals surface area contributed by atoms with Gasteiger partial charge < -0.3 is 0 Å². The number of halogens is 2. The predicted octanol–water partition coefficient (Wildman–Crippen LogP) is 3.36. The first-order valence-electron chi connectivity index (χ1n) is 5.07. The van der Waals surface area contributed by atoms with Crippen molar-refractivity contribution in [2.75, 3.05) is 0 Å². The normalized spacial score (nSPS) is 11.5. The van der Waals surface area contributed by atoms with Crippen LogP contribution < -0.4 is 0 Å². The Morgan fingerprint density at radius 1 is 1.00 bits per heavy atom. The van der Waals surface area contributed by atoms with Crippen molar-refractivity contribution in [3.63, 3.8) is 0 Å². The van der Waals surface area contributed by atoms with Crippen molar-refractivity contribution in [2.24, 2.45) is 0 Å². The van der Waals surface area contributed by atoms with E-state index in [9.17, 15) is 17.2 Å². The molecular weight excluding hydrogens is 294 g/mol. The summed E-state index contributed by atoms with van der Waals surface area (Å²) in [6, 6.07) is 8.48. The van der Waals surface area contributed by atoms with Crippen LogP contribution in [0.3, 0.4) is 0 Å². The number of rotatable bonds is 3. The van der Waals surface area contributed by atoms with Gasteiger partial charge in [0.25, 0.3) is 10.1 Å². The Labute approximate surface area is 113 Å². The van der Waals surface area contributed by atoms with Gasteiger partial charge in [-0.15, -0.1) is 0 Å². The third kappa shape index (κ3) is 3.52. The minimum atomic E-state index is -4.24. The topological polar surface area (TPSA) is 54.4 Å². The third-order valence-electron chi connectivity index (χ3n) is 2.24. The summed E-state index contributed by atoms with van der Waals surface area (Å²) in [5.74, 6) is -1.35. The van der Waals surface area contributed by atoms with Crippen LogP contribution in [0, 0.1) is 11.6 Å². The van der Waals surface area contributed by atoms with E-state index in [0.29, 0.717) is 4.90 Å². The van der Waals surface area contributed by atoms with Crippen LogP contribution in [0.4, 0.5) is 8.78 Å². The highest BCUT2D eigenvalue weighted by Crippen LogP contribution is 2.30. The number of hydrogen-bond donors (Lipinski definition) is 1. The van der Waals surface area contributed by atoms with Crippen molar-refractivity contribution in [2.45, 2.75) is 14.7 Å². The molecule has 7 heteroatoms. The summed E-state index contributed by atoms with van der Waals surface area (Å²) in [5.41, 5.74) is 0. The van der Waals surface area contributed by atoms with Crippen molar-refractivity contribution in [3.8, 4) is 0 Å². The average Bonchev–Trinajstić information content (AvgIpc) is 2.32. The molecule has 0 atom stereocenters. The molecule has 0 heterocycles. The van der Waals surface area contributed by atoms with Crippen LogP contribution in [0.15, 0.2) is 57.2 Å². The van der Waals surface area contributed by atoms with Gasteiger partial charge in [-0.3, -0.25) is 4.55 Å². The molecule has 3 nitrogen and oxygen atoms in total. The summed E-state index contributed by atoms with van der Waals surface area (Å²) in [4.78, 5) is 0.551. The number of benzene rings is 2. The van der Waals surface area contributed by atoms with Crippen LogP contribution in [-0.2, 0) is 10.1 Å². The van der Waals surface area contributed by atoms with Crippen LogP contribution in [0.5, 0.6) is 0 Å². The first-order valence-corrected chi connectivity index (χ1v) is 7.32. The van der Waals surface area contributed by atoms with Crippen LogP contribution >= 0.6 is 11.8 Å². The maximum absolute atomic E-state index is 13.4. The Hall–Kier alpha value is -1.44. The molecule has 0 amide bonds. The third-order valence-corrected chi connectivity index (χ3v) is 4.17. The molecule has 0 radical (unpaired) electrons. The van der Waals surface area contributed by atoms with Crippen molar-refractivity contribution in [1.29, 1.82) is 0 Å². The van der Waals surface area contributed by atoms with Crippen LogP contribution in [0.25, 0.3) is 0 Å². The molecule has 0 saturated carbocycles. The first-order chi connectivity index (χ1) is 8.86. The van der Waals surface area contributed by atoms with E-state index in [0.717, 1.165) is 23.9 Å². The zero-order valence-corrected chi connectivity index (χ0v) is 11.0. The molecule has 100 valence electrons. The van der Waals surface area contributed by atoms with Crippen molar-refractivity contribution in [1.82, 2.24) is 0 Å². The fraction of sp³-hybridized carbons (Fsp3) is 0. The lowest BCUT2D eigenvalue weighted by atomic mass is 10.3. The Kier molecular flexibility index (Phi) is 3.88. The Balaban J connectivity index is 2.25. The maximum atomic E-state index is 13.4. The van der Waals surface area contributed by atoms with E-state index in [1.54, 1.807) is 0 Å². The smallest absolute Gasteiger partial charge is 0.282 e. The second-order valence-electron chi connectivity index (χ2n) is 3.62. The molecule has 2 rings (SSSR count).